The van der Waals surface area contributed by atoms with Crippen LogP contribution in [0.1, 0.15) is 22.5 Å². The first kappa shape index (κ1) is 16.5. The molecule has 1 aliphatic rings. The lowest BCUT2D eigenvalue weighted by atomic mass is 10.2. The Morgan fingerprint density at radius 3 is 2.68 bits per heavy atom. The zero-order valence-electron chi connectivity index (χ0n) is 13.6. The minimum atomic E-state index is -0.314. The van der Waals surface area contributed by atoms with E-state index in [1.165, 1.54) is 12.3 Å². The van der Waals surface area contributed by atoms with E-state index < -0.39 is 0 Å². The third-order valence-electron chi connectivity index (χ3n) is 3.98. The monoisotopic (exact) mass is 336 g/mol. The maximum absolute atomic E-state index is 12.3. The molecule has 126 valence electrons. The first-order valence-corrected chi connectivity index (χ1v) is 7.72. The van der Waals surface area contributed by atoms with Gasteiger partial charge in [0.05, 0.1) is 18.7 Å². The number of rotatable bonds is 4. The van der Waals surface area contributed by atoms with Crippen molar-refractivity contribution in [1.82, 2.24) is 10.3 Å². The van der Waals surface area contributed by atoms with Crippen LogP contribution in [0, 0.1) is 11.3 Å². The number of carbonyl (C=O) groups is 2. The number of benzene rings is 1. The molecule has 2 amide bonds. The number of pyridine rings is 1. The van der Waals surface area contributed by atoms with E-state index in [-0.39, 0.29) is 30.0 Å². The Morgan fingerprint density at radius 2 is 2.08 bits per heavy atom. The van der Waals surface area contributed by atoms with Gasteiger partial charge in [0.15, 0.2) is 0 Å². The number of methoxy groups -OCH3 is 1. The Hall–Kier alpha value is -3.40. The minimum Gasteiger partial charge on any atom is -0.497 e. The summed E-state index contributed by atoms with van der Waals surface area (Å²) in [4.78, 5) is 30.0. The van der Waals surface area contributed by atoms with E-state index in [1.54, 1.807) is 30.2 Å². The third kappa shape index (κ3) is 3.58. The van der Waals surface area contributed by atoms with Gasteiger partial charge in [-0.1, -0.05) is 0 Å². The zero-order valence-corrected chi connectivity index (χ0v) is 13.6. The van der Waals surface area contributed by atoms with E-state index >= 15 is 0 Å². The van der Waals surface area contributed by atoms with Crippen LogP contribution in [0.3, 0.4) is 0 Å². The molecule has 1 saturated heterocycles. The number of anilines is 1. The van der Waals surface area contributed by atoms with Crippen LogP contribution in [0.2, 0.25) is 0 Å². The minimum absolute atomic E-state index is 0.0478. The summed E-state index contributed by atoms with van der Waals surface area (Å²) in [5.41, 5.74) is 1.37. The van der Waals surface area contributed by atoms with Crippen LogP contribution in [-0.2, 0) is 4.79 Å². The van der Waals surface area contributed by atoms with Crippen molar-refractivity contribution in [3.63, 3.8) is 0 Å². The fourth-order valence-electron chi connectivity index (χ4n) is 2.68. The number of nitrogens with one attached hydrogen (secondary N) is 1. The summed E-state index contributed by atoms with van der Waals surface area (Å²) in [5.74, 6) is 0.355. The van der Waals surface area contributed by atoms with E-state index in [4.69, 9.17) is 10.00 Å². The molecular formula is C18H16N4O3. The van der Waals surface area contributed by atoms with Crippen molar-refractivity contribution in [2.24, 2.45) is 0 Å². The second-order valence-corrected chi connectivity index (χ2v) is 5.62. The van der Waals surface area contributed by atoms with Crippen LogP contribution in [0.4, 0.5) is 5.69 Å². The second-order valence-electron chi connectivity index (χ2n) is 5.62. The lowest BCUT2D eigenvalue weighted by Crippen LogP contribution is -2.37. The van der Waals surface area contributed by atoms with E-state index in [9.17, 15) is 9.59 Å². The van der Waals surface area contributed by atoms with Crippen molar-refractivity contribution in [2.45, 2.75) is 12.5 Å². The highest BCUT2D eigenvalue weighted by molar-refractivity contribution is 5.98. The van der Waals surface area contributed by atoms with Gasteiger partial charge in [-0.05, 0) is 36.4 Å². The summed E-state index contributed by atoms with van der Waals surface area (Å²) < 4.78 is 5.11. The summed E-state index contributed by atoms with van der Waals surface area (Å²) in [6.07, 6.45) is 1.59. The molecule has 2 aromatic rings. The first-order valence-electron chi connectivity index (χ1n) is 7.72. The van der Waals surface area contributed by atoms with Crippen molar-refractivity contribution < 1.29 is 14.3 Å². The van der Waals surface area contributed by atoms with E-state index in [0.29, 0.717) is 17.9 Å². The molecule has 0 aliphatic carbocycles. The Balaban J connectivity index is 1.65. The fourth-order valence-corrected chi connectivity index (χ4v) is 2.68. The molecule has 3 rings (SSSR count). The van der Waals surface area contributed by atoms with Gasteiger partial charge >= 0.3 is 0 Å². The van der Waals surface area contributed by atoms with Gasteiger partial charge in [0.2, 0.25) is 5.91 Å². The van der Waals surface area contributed by atoms with Crippen molar-refractivity contribution in [3.8, 4) is 11.8 Å². The number of amides is 2. The molecule has 25 heavy (non-hydrogen) atoms. The maximum atomic E-state index is 12.3. The van der Waals surface area contributed by atoms with Crippen molar-refractivity contribution >= 4 is 17.5 Å². The quantitative estimate of drug-likeness (QED) is 0.913. The normalized spacial score (nSPS) is 16.4. The third-order valence-corrected chi connectivity index (χ3v) is 3.98. The molecule has 0 bridgehead atoms. The van der Waals surface area contributed by atoms with E-state index in [2.05, 4.69) is 10.3 Å². The molecule has 1 atom stereocenters. The summed E-state index contributed by atoms with van der Waals surface area (Å²) in [6, 6.07) is 11.8. The lowest BCUT2D eigenvalue weighted by Gasteiger charge is -2.17. The zero-order chi connectivity index (χ0) is 17.8. The number of hydrogen-bond acceptors (Lipinski definition) is 5. The number of nitriles is 1. The van der Waals surface area contributed by atoms with Gasteiger partial charge in [-0.3, -0.25) is 9.59 Å². The standard InChI is InChI=1S/C18H16N4O3/c1-25-16-6-4-15(5-7-16)22-11-14(8-17(22)23)21-18(24)12-2-3-13(9-19)20-10-12/h2-7,10,14H,8,11H2,1H3,(H,21,24). The smallest absolute Gasteiger partial charge is 0.253 e. The van der Waals surface area contributed by atoms with E-state index in [1.807, 2.05) is 18.2 Å². The molecule has 0 radical (unpaired) electrons. The van der Waals surface area contributed by atoms with Crippen LogP contribution in [0.5, 0.6) is 5.75 Å². The molecule has 1 fully saturated rings. The Bertz CT molecular complexity index is 825. The number of aromatic nitrogens is 1. The Kier molecular flexibility index (Phi) is 4.61. The van der Waals surface area contributed by atoms with Crippen LogP contribution in [-0.4, -0.2) is 36.5 Å². The topological polar surface area (TPSA) is 95.3 Å². The average molecular weight is 336 g/mol. The summed E-state index contributed by atoms with van der Waals surface area (Å²) in [6.45, 7) is 0.403. The highest BCUT2D eigenvalue weighted by Crippen LogP contribution is 2.24. The number of hydrogen-bond donors (Lipinski definition) is 1. The predicted molar refractivity (Wildman–Crippen MR) is 90.2 cm³/mol. The largest absolute Gasteiger partial charge is 0.497 e. The van der Waals surface area contributed by atoms with Gasteiger partial charge in [0.1, 0.15) is 17.5 Å². The van der Waals surface area contributed by atoms with E-state index in [0.717, 1.165) is 5.69 Å². The molecule has 1 unspecified atom stereocenters. The first-order chi connectivity index (χ1) is 12.1. The molecule has 1 aromatic carbocycles. The summed E-state index contributed by atoms with van der Waals surface area (Å²) in [7, 11) is 1.58. The number of nitrogens with zero attached hydrogens (tertiary/aromatic N) is 3. The van der Waals surface area contributed by atoms with Gasteiger partial charge in [-0.2, -0.15) is 5.26 Å². The Labute approximate surface area is 144 Å². The van der Waals surface area contributed by atoms with Crippen LogP contribution < -0.4 is 15.0 Å². The molecule has 0 saturated carbocycles. The Morgan fingerprint density at radius 1 is 1.32 bits per heavy atom. The predicted octanol–water partition coefficient (Wildman–Crippen LogP) is 1.50. The van der Waals surface area contributed by atoms with Crippen molar-refractivity contribution in [2.75, 3.05) is 18.6 Å². The average Bonchev–Trinajstić information content (AvgIpc) is 3.02. The van der Waals surface area contributed by atoms with Crippen LogP contribution >= 0.6 is 0 Å². The molecule has 0 spiro atoms. The molecule has 1 N–H and O–H groups in total. The maximum Gasteiger partial charge on any atom is 0.253 e. The molecule has 2 heterocycles. The molecule has 1 aliphatic heterocycles. The van der Waals surface area contributed by atoms with Crippen molar-refractivity contribution in [3.05, 3.63) is 53.9 Å². The van der Waals surface area contributed by atoms with Crippen LogP contribution in [0.15, 0.2) is 42.6 Å². The van der Waals surface area contributed by atoms with Gasteiger partial charge < -0.3 is 15.0 Å². The number of carbonyl (C=O) groups excluding carboxylic acids is 2. The van der Waals surface area contributed by atoms with Crippen LogP contribution in [0.25, 0.3) is 0 Å². The molecular weight excluding hydrogens is 320 g/mol. The highest BCUT2D eigenvalue weighted by atomic mass is 16.5. The summed E-state index contributed by atoms with van der Waals surface area (Å²) >= 11 is 0. The molecule has 1 aromatic heterocycles. The fraction of sp³-hybridized carbons (Fsp3) is 0.222. The van der Waals surface area contributed by atoms with Gasteiger partial charge in [-0.25, -0.2) is 4.98 Å². The highest BCUT2D eigenvalue weighted by Gasteiger charge is 2.31. The summed E-state index contributed by atoms with van der Waals surface area (Å²) in [5, 5.41) is 11.6. The second kappa shape index (κ2) is 7.01. The van der Waals surface area contributed by atoms with Gasteiger partial charge in [0, 0.05) is 24.8 Å². The number of ether oxygens (including phenoxy) is 1. The van der Waals surface area contributed by atoms with Gasteiger partial charge in [-0.15, -0.1) is 0 Å². The SMILES string of the molecule is COc1ccc(N2CC(NC(=O)c3ccc(C#N)nc3)CC2=O)cc1. The molecule has 7 heteroatoms. The van der Waals surface area contributed by atoms with Gasteiger partial charge in [0.25, 0.3) is 5.91 Å². The van der Waals surface area contributed by atoms with Crippen molar-refractivity contribution in [1.29, 1.82) is 5.26 Å². The lowest BCUT2D eigenvalue weighted by molar-refractivity contribution is -0.117. The molecule has 7 nitrogen and oxygen atoms in total.